The van der Waals surface area contributed by atoms with Crippen molar-refractivity contribution in [1.29, 1.82) is 0 Å². The van der Waals surface area contributed by atoms with Gasteiger partial charge in [0.2, 0.25) is 5.16 Å². The molecular weight excluding hydrogens is 364 g/mol. The topological polar surface area (TPSA) is 127 Å². The van der Waals surface area contributed by atoms with Crippen molar-refractivity contribution >= 4 is 35.4 Å². The van der Waals surface area contributed by atoms with Crippen LogP contribution >= 0.6 is 23.5 Å². The summed E-state index contributed by atoms with van der Waals surface area (Å²) < 4.78 is 5.40. The van der Waals surface area contributed by atoms with Gasteiger partial charge in [-0.15, -0.1) is 22.0 Å². The molecular formula is C14H20N6O3S2. The zero-order valence-corrected chi connectivity index (χ0v) is 16.0. The van der Waals surface area contributed by atoms with E-state index in [9.17, 15) is 9.59 Å². The van der Waals surface area contributed by atoms with Crippen molar-refractivity contribution in [2.24, 2.45) is 5.73 Å². The number of aromatic nitrogens is 4. The number of hydrogen-bond acceptors (Lipinski definition) is 9. The normalized spacial score (nSPS) is 27.2. The van der Waals surface area contributed by atoms with E-state index < -0.39 is 17.1 Å². The molecule has 1 saturated heterocycles. The predicted octanol–water partition coefficient (Wildman–Crippen LogP) is 0.519. The number of hydrogen-bond donors (Lipinski definition) is 2. The lowest BCUT2D eigenvalue weighted by Gasteiger charge is -2.56. The van der Waals surface area contributed by atoms with Crippen molar-refractivity contribution in [2.45, 2.75) is 54.6 Å². The summed E-state index contributed by atoms with van der Waals surface area (Å²) >= 11 is 2.80. The summed E-state index contributed by atoms with van der Waals surface area (Å²) in [4.78, 5) is 26.7. The third kappa shape index (κ3) is 3.15. The Hall–Kier alpha value is -1.59. The van der Waals surface area contributed by atoms with Crippen LogP contribution in [-0.4, -0.2) is 64.9 Å². The number of aromatic amines is 1. The van der Waals surface area contributed by atoms with Crippen LogP contribution in [0, 0.1) is 0 Å². The van der Waals surface area contributed by atoms with Crippen LogP contribution < -0.4 is 5.73 Å². The maximum absolute atomic E-state index is 12.8. The molecule has 0 bridgehead atoms. The van der Waals surface area contributed by atoms with Gasteiger partial charge in [0, 0.05) is 11.0 Å². The molecule has 2 aliphatic heterocycles. The van der Waals surface area contributed by atoms with Crippen LogP contribution in [0.4, 0.5) is 0 Å². The molecule has 0 aromatic carbocycles. The van der Waals surface area contributed by atoms with Gasteiger partial charge in [-0.25, -0.2) is 4.79 Å². The molecule has 25 heavy (non-hydrogen) atoms. The van der Waals surface area contributed by atoms with Crippen LogP contribution in [0.2, 0.25) is 0 Å². The number of ether oxygens (including phenoxy) is 1. The number of fused-ring (bicyclic) bond motifs is 1. The molecule has 136 valence electrons. The van der Waals surface area contributed by atoms with Gasteiger partial charge >= 0.3 is 5.97 Å². The Labute approximate surface area is 153 Å². The number of nitrogens with zero attached hydrogens (tertiary/aromatic N) is 4. The fraction of sp³-hybridized carbons (Fsp3) is 0.643. The number of tetrazole rings is 1. The summed E-state index contributed by atoms with van der Waals surface area (Å²) in [5.41, 5.74) is 4.97. The fourth-order valence-corrected chi connectivity index (χ4v) is 5.06. The largest absolute Gasteiger partial charge is 0.455 e. The maximum atomic E-state index is 12.8. The van der Waals surface area contributed by atoms with E-state index in [1.165, 1.54) is 28.4 Å². The van der Waals surface area contributed by atoms with Gasteiger partial charge in [0.1, 0.15) is 22.2 Å². The molecule has 0 aliphatic carbocycles. The predicted molar refractivity (Wildman–Crippen MR) is 93.4 cm³/mol. The minimum absolute atomic E-state index is 0.265. The summed E-state index contributed by atoms with van der Waals surface area (Å²) in [6.07, 6.45) is 1.71. The summed E-state index contributed by atoms with van der Waals surface area (Å²) in [6, 6.07) is 0. The number of amides is 1. The first-order valence-corrected chi connectivity index (χ1v) is 9.65. The number of H-pyrrole nitrogens is 1. The molecule has 2 aliphatic rings. The average Bonchev–Trinajstić information content (AvgIpc) is 3.04. The number of nitrogens with one attached hydrogen (secondary N) is 1. The first kappa shape index (κ1) is 18.2. The molecule has 0 saturated carbocycles. The quantitative estimate of drug-likeness (QED) is 0.434. The van der Waals surface area contributed by atoms with Gasteiger partial charge in [-0.1, -0.05) is 18.7 Å². The molecule has 1 fully saturated rings. The van der Waals surface area contributed by atoms with Crippen molar-refractivity contribution in [2.75, 3.05) is 5.75 Å². The lowest BCUT2D eigenvalue weighted by molar-refractivity contribution is -0.161. The average molecular weight is 384 g/mol. The molecule has 3 rings (SSSR count). The zero-order chi connectivity index (χ0) is 18.4. The van der Waals surface area contributed by atoms with E-state index >= 15 is 0 Å². The third-order valence-electron chi connectivity index (χ3n) is 3.91. The van der Waals surface area contributed by atoms with Gasteiger partial charge in [0.25, 0.3) is 5.91 Å². The highest BCUT2D eigenvalue weighted by molar-refractivity contribution is 8.01. The number of thioether (sulfide) groups is 2. The summed E-state index contributed by atoms with van der Waals surface area (Å²) in [6.45, 7) is 7.21. The fourth-order valence-electron chi connectivity index (χ4n) is 2.68. The second-order valence-corrected chi connectivity index (χ2v) is 9.26. The number of nitrogens with two attached hydrogens (primary N) is 1. The summed E-state index contributed by atoms with van der Waals surface area (Å²) in [7, 11) is 0. The van der Waals surface area contributed by atoms with Crippen LogP contribution in [-0.2, 0) is 14.3 Å². The van der Waals surface area contributed by atoms with Gasteiger partial charge in [0.15, 0.2) is 0 Å². The number of rotatable bonds is 4. The van der Waals surface area contributed by atoms with Gasteiger partial charge < -0.3 is 10.5 Å². The Kier molecular flexibility index (Phi) is 4.58. The van der Waals surface area contributed by atoms with Crippen LogP contribution in [0.25, 0.3) is 0 Å². The molecule has 0 spiro atoms. The van der Waals surface area contributed by atoms with Crippen molar-refractivity contribution in [3.05, 3.63) is 11.8 Å². The monoisotopic (exact) mass is 384 g/mol. The first-order chi connectivity index (χ1) is 11.6. The molecule has 1 amide bonds. The van der Waals surface area contributed by atoms with Crippen LogP contribution in [0.15, 0.2) is 16.9 Å². The SMILES string of the molecule is CC(Sc1nn[nH]n1)C1(N)C(=O)N2C(C(=O)OC(C)(C)C)=CCS[C@H]21. The molecule has 2 unspecified atom stereocenters. The highest BCUT2D eigenvalue weighted by atomic mass is 32.2. The van der Waals surface area contributed by atoms with Crippen molar-refractivity contribution in [1.82, 2.24) is 25.5 Å². The van der Waals surface area contributed by atoms with Gasteiger partial charge in [0.05, 0.1) is 0 Å². The van der Waals surface area contributed by atoms with Crippen LogP contribution in [0.5, 0.6) is 0 Å². The number of β-lactam (4-membered cyclic amide) rings is 1. The van der Waals surface area contributed by atoms with E-state index in [0.717, 1.165) is 0 Å². The molecule has 0 radical (unpaired) electrons. The van der Waals surface area contributed by atoms with E-state index in [-0.39, 0.29) is 22.2 Å². The summed E-state index contributed by atoms with van der Waals surface area (Å²) in [5.74, 6) is -0.223. The number of esters is 1. The van der Waals surface area contributed by atoms with Gasteiger partial charge in [-0.2, -0.15) is 5.21 Å². The minimum atomic E-state index is -1.11. The standard InChI is InChI=1S/C14H20N6O3S2/c1-7(25-12-16-18-19-17-12)14(15)10(22)20-8(5-6-24-11(14)20)9(21)23-13(2,3)4/h5,7,11H,6,15H2,1-4H3,(H,16,17,18,19)/t7?,11-,14?/m0/s1. The maximum Gasteiger partial charge on any atom is 0.355 e. The van der Waals surface area contributed by atoms with Crippen LogP contribution in [0.1, 0.15) is 27.7 Å². The Bertz CT molecular complexity index is 717. The van der Waals surface area contributed by atoms with E-state index in [1.54, 1.807) is 26.8 Å². The highest BCUT2D eigenvalue weighted by Crippen LogP contribution is 2.48. The Morgan fingerprint density at radius 1 is 1.60 bits per heavy atom. The molecule has 3 N–H and O–H groups in total. The van der Waals surface area contributed by atoms with Crippen molar-refractivity contribution in [3.63, 3.8) is 0 Å². The Balaban J connectivity index is 1.77. The lowest BCUT2D eigenvalue weighted by atomic mass is 9.85. The first-order valence-electron chi connectivity index (χ1n) is 7.72. The van der Waals surface area contributed by atoms with E-state index in [2.05, 4.69) is 20.6 Å². The van der Waals surface area contributed by atoms with Crippen molar-refractivity contribution in [3.8, 4) is 0 Å². The number of carbonyl (C=O) groups is 2. The zero-order valence-electron chi connectivity index (χ0n) is 14.3. The summed E-state index contributed by atoms with van der Waals surface area (Å²) in [5, 5.41) is 13.4. The van der Waals surface area contributed by atoms with Gasteiger partial charge in [-0.3, -0.25) is 9.69 Å². The number of carbonyl (C=O) groups excluding carboxylic acids is 2. The van der Waals surface area contributed by atoms with Crippen molar-refractivity contribution < 1.29 is 14.3 Å². The molecule has 1 aromatic heterocycles. The smallest absolute Gasteiger partial charge is 0.355 e. The lowest BCUT2D eigenvalue weighted by Crippen LogP contribution is -2.81. The Morgan fingerprint density at radius 2 is 2.32 bits per heavy atom. The molecule has 11 heteroatoms. The minimum Gasteiger partial charge on any atom is -0.455 e. The Morgan fingerprint density at radius 3 is 2.92 bits per heavy atom. The second kappa shape index (κ2) is 6.29. The van der Waals surface area contributed by atoms with Gasteiger partial charge in [-0.05, 0) is 32.1 Å². The highest BCUT2D eigenvalue weighted by Gasteiger charge is 2.64. The molecule has 1 aromatic rings. The molecule has 9 nitrogen and oxygen atoms in total. The third-order valence-corrected chi connectivity index (χ3v) is 6.31. The molecule has 3 heterocycles. The van der Waals surface area contributed by atoms with E-state index in [4.69, 9.17) is 10.5 Å². The molecule has 3 atom stereocenters. The van der Waals surface area contributed by atoms with E-state index in [0.29, 0.717) is 10.9 Å². The second-order valence-electron chi connectivity index (χ2n) is 6.84. The van der Waals surface area contributed by atoms with E-state index in [1.807, 2.05) is 6.92 Å². The van der Waals surface area contributed by atoms with Crippen LogP contribution in [0.3, 0.4) is 0 Å².